The first-order valence-electron chi connectivity index (χ1n) is 8.24. The van der Waals surface area contributed by atoms with Crippen LogP contribution in [0.4, 0.5) is 18.9 Å². The lowest BCUT2D eigenvalue weighted by atomic mass is 10.0. The molecule has 2 N–H and O–H groups in total. The van der Waals surface area contributed by atoms with Crippen molar-refractivity contribution in [1.29, 1.82) is 0 Å². The summed E-state index contributed by atoms with van der Waals surface area (Å²) >= 11 is 0. The number of nitrogens with zero attached hydrogens (tertiary/aromatic N) is 4. The second kappa shape index (κ2) is 6.97. The molecule has 2 aromatic carbocycles. The highest BCUT2D eigenvalue weighted by Crippen LogP contribution is 2.37. The van der Waals surface area contributed by atoms with E-state index in [0.29, 0.717) is 28.2 Å². The van der Waals surface area contributed by atoms with Gasteiger partial charge in [-0.25, -0.2) is 9.99 Å². The zero-order chi connectivity index (χ0) is 19.7. The lowest BCUT2D eigenvalue weighted by Crippen LogP contribution is -2.25. The number of halogens is 3. The molecule has 0 saturated carbocycles. The van der Waals surface area contributed by atoms with Gasteiger partial charge in [0.05, 0.1) is 12.2 Å². The number of benzene rings is 2. The third-order valence-corrected chi connectivity index (χ3v) is 4.14. The van der Waals surface area contributed by atoms with Gasteiger partial charge in [0.2, 0.25) is 0 Å². The first kappa shape index (κ1) is 18.0. The molecule has 0 spiro atoms. The summed E-state index contributed by atoms with van der Waals surface area (Å²) in [4.78, 5) is 7.03. The monoisotopic (exact) mass is 389 g/mol. The molecule has 7 nitrogen and oxygen atoms in total. The van der Waals surface area contributed by atoms with E-state index in [1.165, 1.54) is 29.3 Å². The quantitative estimate of drug-likeness (QED) is 0.689. The van der Waals surface area contributed by atoms with Crippen LogP contribution in [0.1, 0.15) is 17.6 Å². The lowest BCUT2D eigenvalue weighted by Gasteiger charge is -2.27. The molecule has 1 aromatic heterocycles. The second-order valence-electron chi connectivity index (χ2n) is 6.04. The fourth-order valence-corrected chi connectivity index (χ4v) is 2.85. The molecule has 28 heavy (non-hydrogen) atoms. The number of aromatic nitrogens is 2. The van der Waals surface area contributed by atoms with Gasteiger partial charge in [-0.05, 0) is 35.4 Å². The highest BCUT2D eigenvalue weighted by molar-refractivity contribution is 5.68. The van der Waals surface area contributed by atoms with Crippen molar-refractivity contribution in [3.63, 3.8) is 0 Å². The Hall–Kier alpha value is -3.40. The van der Waals surface area contributed by atoms with Crippen molar-refractivity contribution in [3.05, 3.63) is 66.2 Å². The summed E-state index contributed by atoms with van der Waals surface area (Å²) in [7, 11) is 0. The molecule has 4 rings (SSSR count). The largest absolute Gasteiger partial charge is 0.573 e. The Morgan fingerprint density at radius 2 is 1.86 bits per heavy atom. The van der Waals surface area contributed by atoms with Gasteiger partial charge >= 0.3 is 6.36 Å². The number of alkyl halides is 3. The summed E-state index contributed by atoms with van der Waals surface area (Å²) in [6.45, 7) is 0.241. The molecule has 0 aliphatic carbocycles. The van der Waals surface area contributed by atoms with Crippen LogP contribution in [0.3, 0.4) is 0 Å². The minimum Gasteiger partial charge on any atom is -0.406 e. The molecule has 1 aliphatic heterocycles. The molecule has 0 radical (unpaired) electrons. The topological polar surface area (TPSA) is 86.1 Å². The third kappa shape index (κ3) is 3.81. The van der Waals surface area contributed by atoms with Crippen molar-refractivity contribution in [3.8, 4) is 16.9 Å². The maximum Gasteiger partial charge on any atom is 0.573 e. The van der Waals surface area contributed by atoms with E-state index < -0.39 is 12.6 Å². The Morgan fingerprint density at radius 3 is 2.54 bits per heavy atom. The van der Waals surface area contributed by atoms with Crippen LogP contribution in [0.25, 0.3) is 11.1 Å². The summed E-state index contributed by atoms with van der Waals surface area (Å²) < 4.78 is 40.7. The van der Waals surface area contributed by atoms with Crippen molar-refractivity contribution in [1.82, 2.24) is 15.0 Å². The minimum atomic E-state index is -4.74. The number of aliphatic hydroxyl groups excluding tert-OH is 1. The number of hydrogen-bond acceptors (Lipinski definition) is 6. The van der Waals surface area contributed by atoms with Crippen molar-refractivity contribution >= 4 is 5.69 Å². The van der Waals surface area contributed by atoms with Gasteiger partial charge in [0.15, 0.2) is 6.23 Å². The van der Waals surface area contributed by atoms with Gasteiger partial charge in [-0.3, -0.25) is 0 Å². The van der Waals surface area contributed by atoms with Crippen LogP contribution in [-0.2, 0) is 6.54 Å². The van der Waals surface area contributed by atoms with Crippen molar-refractivity contribution in [2.24, 2.45) is 10.3 Å². The molecule has 1 unspecified atom stereocenters. The molecule has 144 valence electrons. The molecule has 1 atom stereocenters. The number of rotatable bonds is 4. The molecule has 3 aromatic rings. The highest BCUT2D eigenvalue weighted by atomic mass is 19.4. The normalized spacial score (nSPS) is 16.1. The van der Waals surface area contributed by atoms with Gasteiger partial charge < -0.3 is 14.8 Å². The van der Waals surface area contributed by atoms with E-state index in [1.54, 1.807) is 30.6 Å². The van der Waals surface area contributed by atoms with Crippen LogP contribution in [-0.4, -0.2) is 26.4 Å². The van der Waals surface area contributed by atoms with Crippen LogP contribution in [0, 0.1) is 0 Å². The molecule has 2 heterocycles. The number of nitrogens with one attached hydrogen (secondary N) is 1. The van der Waals surface area contributed by atoms with Gasteiger partial charge in [0.25, 0.3) is 0 Å². The Balaban J connectivity index is 1.57. The van der Waals surface area contributed by atoms with Crippen LogP contribution in [0.5, 0.6) is 5.75 Å². The SMILES string of the molecule is OC1c2cc(-c3ccc(OC(F)(F)F)cc3)ccc2N=NN1Cc1ncc[nH]1. The highest BCUT2D eigenvalue weighted by Gasteiger charge is 2.31. The van der Waals surface area contributed by atoms with E-state index in [1.807, 2.05) is 0 Å². The standard InChI is InChI=1S/C18H14F3N5O2/c19-18(20,21)28-13-4-1-11(2-5-13)12-3-6-15-14(9-12)17(27)26(25-24-15)10-16-22-7-8-23-16/h1-9,17,27H,10H2,(H,22,23). The number of hydrogen-bond donors (Lipinski definition) is 2. The Bertz CT molecular complexity index is 987. The number of imidazole rings is 1. The Kier molecular flexibility index (Phi) is 4.47. The molecule has 0 amide bonds. The molecular formula is C18H14F3N5O2. The molecule has 10 heteroatoms. The average molecular weight is 389 g/mol. The average Bonchev–Trinajstić information content (AvgIpc) is 3.16. The van der Waals surface area contributed by atoms with Crippen LogP contribution in [0.15, 0.2) is 65.2 Å². The summed E-state index contributed by atoms with van der Waals surface area (Å²) in [5, 5.41) is 20.1. The summed E-state index contributed by atoms with van der Waals surface area (Å²) in [5.41, 5.74) is 2.44. The zero-order valence-electron chi connectivity index (χ0n) is 14.3. The van der Waals surface area contributed by atoms with E-state index in [9.17, 15) is 18.3 Å². The van der Waals surface area contributed by atoms with E-state index >= 15 is 0 Å². The predicted octanol–water partition coefficient (Wildman–Crippen LogP) is 4.48. The Morgan fingerprint density at radius 1 is 1.11 bits per heavy atom. The maximum atomic E-state index is 12.3. The van der Waals surface area contributed by atoms with E-state index in [4.69, 9.17) is 0 Å². The number of aliphatic hydroxyl groups is 1. The fraction of sp³-hybridized carbons (Fsp3) is 0.167. The van der Waals surface area contributed by atoms with Gasteiger partial charge in [0.1, 0.15) is 11.6 Å². The molecule has 0 fully saturated rings. The third-order valence-electron chi connectivity index (χ3n) is 4.14. The van der Waals surface area contributed by atoms with Crippen molar-refractivity contribution < 1.29 is 23.0 Å². The smallest absolute Gasteiger partial charge is 0.406 e. The van der Waals surface area contributed by atoms with Crippen molar-refractivity contribution in [2.75, 3.05) is 0 Å². The number of ether oxygens (including phenoxy) is 1. The van der Waals surface area contributed by atoms with E-state index in [2.05, 4.69) is 25.0 Å². The Labute approximate surface area is 157 Å². The van der Waals surface area contributed by atoms with Gasteiger partial charge in [-0.2, -0.15) is 0 Å². The number of fused-ring (bicyclic) bond motifs is 1. The van der Waals surface area contributed by atoms with Crippen molar-refractivity contribution in [2.45, 2.75) is 19.1 Å². The van der Waals surface area contributed by atoms with Gasteiger partial charge in [-0.1, -0.05) is 23.4 Å². The fourth-order valence-electron chi connectivity index (χ4n) is 2.85. The zero-order valence-corrected chi connectivity index (χ0v) is 14.3. The van der Waals surface area contributed by atoms with Gasteiger partial charge in [0, 0.05) is 18.0 Å². The first-order valence-corrected chi connectivity index (χ1v) is 8.24. The number of H-pyrrole nitrogens is 1. The first-order chi connectivity index (χ1) is 13.4. The van der Waals surface area contributed by atoms with Crippen LogP contribution in [0.2, 0.25) is 0 Å². The van der Waals surface area contributed by atoms with E-state index in [-0.39, 0.29) is 12.3 Å². The molecule has 1 aliphatic rings. The molecular weight excluding hydrogens is 375 g/mol. The van der Waals surface area contributed by atoms with Crippen LogP contribution >= 0.6 is 0 Å². The maximum absolute atomic E-state index is 12.3. The number of aromatic amines is 1. The lowest BCUT2D eigenvalue weighted by molar-refractivity contribution is -0.274. The van der Waals surface area contributed by atoms with E-state index in [0.717, 1.165) is 0 Å². The summed E-state index contributed by atoms with van der Waals surface area (Å²) in [6.07, 6.45) is -2.51. The molecule has 0 saturated heterocycles. The van der Waals surface area contributed by atoms with Crippen LogP contribution < -0.4 is 4.74 Å². The summed E-state index contributed by atoms with van der Waals surface area (Å²) in [6, 6.07) is 10.7. The summed E-state index contributed by atoms with van der Waals surface area (Å²) in [5.74, 6) is 0.325. The van der Waals surface area contributed by atoms with Gasteiger partial charge in [-0.15, -0.1) is 18.3 Å². The molecule has 0 bridgehead atoms. The minimum absolute atomic E-state index is 0.241. The second-order valence-corrected chi connectivity index (χ2v) is 6.04. The predicted molar refractivity (Wildman–Crippen MR) is 92.2 cm³/mol.